The molecule has 4 nitrogen and oxygen atoms in total. The molecule has 1 saturated carbocycles. The molecule has 1 fully saturated rings. The van der Waals surface area contributed by atoms with Gasteiger partial charge in [-0.3, -0.25) is 0 Å². The van der Waals surface area contributed by atoms with Crippen molar-refractivity contribution in [1.29, 1.82) is 0 Å². The first kappa shape index (κ1) is 21.6. The molecule has 0 aliphatic heterocycles. The molecule has 0 amide bonds. The van der Waals surface area contributed by atoms with Crippen LogP contribution in [-0.4, -0.2) is 41.3 Å². The topological polar surface area (TPSA) is 36.9 Å². The van der Waals surface area contributed by atoms with Gasteiger partial charge in [0.15, 0.2) is 0 Å². The van der Waals surface area contributed by atoms with Crippen molar-refractivity contribution in [3.63, 3.8) is 0 Å². The smallest absolute Gasteiger partial charge is 0.378 e. The van der Waals surface area contributed by atoms with Crippen LogP contribution in [0.25, 0.3) is 0 Å². The van der Waals surface area contributed by atoms with Crippen LogP contribution >= 0.6 is 0 Å². The summed E-state index contributed by atoms with van der Waals surface area (Å²) in [5.74, 6) is 0.699. The third kappa shape index (κ3) is 6.78. The SMILES string of the molecule is CCO[Si](CCCO[C@H]1CC[C@H](c2ccccc2)CC1)(OCC)OCC. The molecular formula is C21H36O4Si. The van der Waals surface area contributed by atoms with Gasteiger partial charge in [0.2, 0.25) is 0 Å². The fourth-order valence-corrected chi connectivity index (χ4v) is 6.41. The van der Waals surface area contributed by atoms with Crippen molar-refractivity contribution >= 4 is 8.80 Å². The van der Waals surface area contributed by atoms with E-state index < -0.39 is 8.80 Å². The van der Waals surface area contributed by atoms with Crippen molar-refractivity contribution in [2.45, 2.75) is 70.9 Å². The van der Waals surface area contributed by atoms with E-state index in [-0.39, 0.29) is 0 Å². The van der Waals surface area contributed by atoms with Gasteiger partial charge in [-0.1, -0.05) is 30.3 Å². The van der Waals surface area contributed by atoms with Gasteiger partial charge in [-0.05, 0) is 64.4 Å². The van der Waals surface area contributed by atoms with Gasteiger partial charge in [0.1, 0.15) is 0 Å². The molecular weight excluding hydrogens is 344 g/mol. The minimum absolute atomic E-state index is 0.400. The summed E-state index contributed by atoms with van der Waals surface area (Å²) >= 11 is 0. The van der Waals surface area contributed by atoms with Crippen molar-refractivity contribution in [3.8, 4) is 0 Å². The van der Waals surface area contributed by atoms with Gasteiger partial charge in [0, 0.05) is 32.5 Å². The lowest BCUT2D eigenvalue weighted by atomic mass is 9.83. The molecule has 5 heteroatoms. The zero-order valence-corrected chi connectivity index (χ0v) is 17.7. The lowest BCUT2D eigenvalue weighted by Crippen LogP contribution is -2.46. The summed E-state index contributed by atoms with van der Waals surface area (Å²) in [6.45, 7) is 8.68. The first-order valence-electron chi connectivity index (χ1n) is 10.3. The predicted octanol–water partition coefficient (Wildman–Crippen LogP) is 5.17. The van der Waals surface area contributed by atoms with Crippen LogP contribution in [0.1, 0.15) is 64.4 Å². The highest BCUT2D eigenvalue weighted by atomic mass is 28.4. The third-order valence-electron chi connectivity index (χ3n) is 5.02. The fraction of sp³-hybridized carbons (Fsp3) is 0.714. The Labute approximate surface area is 160 Å². The summed E-state index contributed by atoms with van der Waals surface area (Å²) in [6, 6.07) is 11.7. The van der Waals surface area contributed by atoms with E-state index in [1.54, 1.807) is 0 Å². The summed E-state index contributed by atoms with van der Waals surface area (Å²) in [6.07, 6.45) is 6.10. The Morgan fingerprint density at radius 1 is 0.846 bits per heavy atom. The van der Waals surface area contributed by atoms with Gasteiger partial charge in [-0.25, -0.2) is 0 Å². The van der Waals surface area contributed by atoms with Crippen LogP contribution in [0.15, 0.2) is 30.3 Å². The maximum absolute atomic E-state index is 6.15. The lowest BCUT2D eigenvalue weighted by Gasteiger charge is -2.30. The number of hydrogen-bond donors (Lipinski definition) is 0. The van der Waals surface area contributed by atoms with Gasteiger partial charge in [-0.15, -0.1) is 0 Å². The summed E-state index contributed by atoms with van der Waals surface area (Å²) in [7, 11) is -2.52. The molecule has 0 unspecified atom stereocenters. The van der Waals surface area contributed by atoms with Crippen molar-refractivity contribution in [2.24, 2.45) is 0 Å². The molecule has 0 spiro atoms. The summed E-state index contributed by atoms with van der Waals surface area (Å²) in [5, 5.41) is 0. The summed E-state index contributed by atoms with van der Waals surface area (Å²) in [4.78, 5) is 0. The standard InChI is InChI=1S/C21H36O4Si/c1-4-23-26(24-5-2,25-6-3)18-10-17-22-21-15-13-20(14-16-21)19-11-8-7-9-12-19/h7-9,11-12,20-21H,4-6,10,13-18H2,1-3H3/t20-,21-. The molecule has 1 aliphatic rings. The minimum Gasteiger partial charge on any atom is -0.378 e. The van der Waals surface area contributed by atoms with E-state index in [9.17, 15) is 0 Å². The van der Waals surface area contributed by atoms with E-state index in [4.69, 9.17) is 18.0 Å². The average molecular weight is 381 g/mol. The van der Waals surface area contributed by atoms with Gasteiger partial charge in [0.05, 0.1) is 6.10 Å². The van der Waals surface area contributed by atoms with E-state index in [0.29, 0.717) is 31.8 Å². The number of hydrogen-bond acceptors (Lipinski definition) is 4. The molecule has 0 radical (unpaired) electrons. The normalized spacial score (nSPS) is 21.0. The Kier molecular flexibility index (Phi) is 9.86. The molecule has 148 valence electrons. The van der Waals surface area contributed by atoms with Crippen molar-refractivity contribution in [1.82, 2.24) is 0 Å². The Morgan fingerprint density at radius 2 is 1.42 bits per heavy atom. The highest BCUT2D eigenvalue weighted by Gasteiger charge is 2.39. The van der Waals surface area contributed by atoms with Crippen LogP contribution in [0.5, 0.6) is 0 Å². The lowest BCUT2D eigenvalue weighted by molar-refractivity contribution is 0.0202. The van der Waals surface area contributed by atoms with E-state index in [2.05, 4.69) is 30.3 Å². The van der Waals surface area contributed by atoms with E-state index in [1.807, 2.05) is 20.8 Å². The van der Waals surface area contributed by atoms with Crippen molar-refractivity contribution in [2.75, 3.05) is 26.4 Å². The Hall–Kier alpha value is -0.723. The van der Waals surface area contributed by atoms with Gasteiger partial charge < -0.3 is 18.0 Å². The monoisotopic (exact) mass is 380 g/mol. The highest BCUT2D eigenvalue weighted by Crippen LogP contribution is 2.34. The van der Waals surface area contributed by atoms with Gasteiger partial charge >= 0.3 is 8.80 Å². The number of ether oxygens (including phenoxy) is 1. The molecule has 0 saturated heterocycles. The Balaban J connectivity index is 1.69. The molecule has 1 aliphatic carbocycles. The molecule has 26 heavy (non-hydrogen) atoms. The average Bonchev–Trinajstić information content (AvgIpc) is 2.67. The predicted molar refractivity (Wildman–Crippen MR) is 107 cm³/mol. The molecule has 0 heterocycles. The van der Waals surface area contributed by atoms with Crippen LogP contribution in [0.3, 0.4) is 0 Å². The van der Waals surface area contributed by atoms with Gasteiger partial charge in [-0.2, -0.15) is 0 Å². The zero-order chi connectivity index (χ0) is 18.7. The molecule has 1 aromatic carbocycles. The molecule has 0 N–H and O–H groups in total. The number of benzene rings is 1. The largest absolute Gasteiger partial charge is 0.501 e. The van der Waals surface area contributed by atoms with Crippen LogP contribution in [0, 0.1) is 0 Å². The molecule has 1 aromatic rings. The first-order chi connectivity index (χ1) is 12.7. The van der Waals surface area contributed by atoms with Gasteiger partial charge in [0.25, 0.3) is 0 Å². The second kappa shape index (κ2) is 11.9. The maximum Gasteiger partial charge on any atom is 0.501 e. The van der Waals surface area contributed by atoms with Crippen LogP contribution < -0.4 is 0 Å². The second-order valence-corrected chi connectivity index (χ2v) is 9.57. The first-order valence-corrected chi connectivity index (χ1v) is 12.2. The summed E-state index contributed by atoms with van der Waals surface area (Å²) in [5.41, 5.74) is 1.48. The van der Waals surface area contributed by atoms with Crippen LogP contribution in [-0.2, 0) is 18.0 Å². The minimum atomic E-state index is -2.52. The third-order valence-corrected chi connectivity index (χ3v) is 8.17. The second-order valence-electron chi connectivity index (χ2n) is 6.84. The zero-order valence-electron chi connectivity index (χ0n) is 16.7. The fourth-order valence-electron chi connectivity index (χ4n) is 3.83. The molecule has 0 atom stereocenters. The van der Waals surface area contributed by atoms with E-state index in [1.165, 1.54) is 18.4 Å². The summed E-state index contributed by atoms with van der Waals surface area (Å²) < 4.78 is 23.9. The van der Waals surface area contributed by atoms with E-state index >= 15 is 0 Å². The van der Waals surface area contributed by atoms with Crippen molar-refractivity contribution in [3.05, 3.63) is 35.9 Å². The molecule has 0 bridgehead atoms. The molecule has 0 aromatic heterocycles. The maximum atomic E-state index is 6.15. The van der Waals surface area contributed by atoms with Crippen molar-refractivity contribution < 1.29 is 18.0 Å². The quantitative estimate of drug-likeness (QED) is 0.370. The molecule has 2 rings (SSSR count). The van der Waals surface area contributed by atoms with E-state index in [0.717, 1.165) is 31.9 Å². The van der Waals surface area contributed by atoms with Crippen LogP contribution in [0.2, 0.25) is 6.04 Å². The Bertz CT molecular complexity index is 457. The number of rotatable bonds is 12. The highest BCUT2D eigenvalue weighted by molar-refractivity contribution is 6.60. The van der Waals surface area contributed by atoms with Crippen LogP contribution in [0.4, 0.5) is 0 Å². The Morgan fingerprint density at radius 3 is 1.96 bits per heavy atom.